The largest absolute Gasteiger partial charge is 0.508 e. The van der Waals surface area contributed by atoms with Crippen LogP contribution >= 0.6 is 0 Å². The fraction of sp³-hybridized carbons (Fsp3) is 0.308. The summed E-state index contributed by atoms with van der Waals surface area (Å²) in [5, 5.41) is 29.5. The molecule has 0 aliphatic heterocycles. The molecule has 0 bridgehead atoms. The second kappa shape index (κ2) is 8.70. The molecular formula is C26H29NO3. The zero-order valence-corrected chi connectivity index (χ0v) is 17.4. The van der Waals surface area contributed by atoms with Crippen LogP contribution in [0.15, 0.2) is 60.7 Å². The maximum atomic E-state index is 10.2. The number of benzene rings is 3. The summed E-state index contributed by atoms with van der Waals surface area (Å²) in [6.07, 6.45) is 3.80. The zero-order valence-electron chi connectivity index (χ0n) is 17.4. The molecule has 0 saturated carbocycles. The van der Waals surface area contributed by atoms with E-state index in [1.54, 1.807) is 24.3 Å². The topological polar surface area (TPSA) is 63.9 Å². The summed E-state index contributed by atoms with van der Waals surface area (Å²) < 4.78 is 0. The fourth-order valence-electron chi connectivity index (χ4n) is 4.53. The van der Waals surface area contributed by atoms with Gasteiger partial charge in [0.2, 0.25) is 0 Å². The molecule has 0 heterocycles. The van der Waals surface area contributed by atoms with Crippen molar-refractivity contribution in [2.75, 3.05) is 18.0 Å². The lowest BCUT2D eigenvalue weighted by Crippen LogP contribution is -2.27. The molecule has 0 saturated heterocycles. The molecule has 4 nitrogen and oxygen atoms in total. The van der Waals surface area contributed by atoms with Gasteiger partial charge in [-0.15, -0.1) is 0 Å². The number of rotatable bonds is 6. The third-order valence-electron chi connectivity index (χ3n) is 6.20. The molecule has 3 N–H and O–H groups in total. The van der Waals surface area contributed by atoms with E-state index in [0.717, 1.165) is 44.5 Å². The van der Waals surface area contributed by atoms with Gasteiger partial charge in [-0.05, 0) is 91.1 Å². The van der Waals surface area contributed by atoms with Gasteiger partial charge in [-0.2, -0.15) is 0 Å². The Balaban J connectivity index is 1.57. The number of hydrogen-bond donors (Lipinski definition) is 3. The molecule has 3 aromatic rings. The van der Waals surface area contributed by atoms with Crippen LogP contribution in [0.4, 0.5) is 5.69 Å². The van der Waals surface area contributed by atoms with Gasteiger partial charge in [0.05, 0.1) is 0 Å². The van der Waals surface area contributed by atoms with Gasteiger partial charge in [0.1, 0.15) is 17.2 Å². The summed E-state index contributed by atoms with van der Waals surface area (Å²) in [6, 6.07) is 18.8. The van der Waals surface area contributed by atoms with Crippen molar-refractivity contribution in [3.8, 4) is 17.2 Å². The van der Waals surface area contributed by atoms with Crippen molar-refractivity contribution in [2.24, 2.45) is 0 Å². The summed E-state index contributed by atoms with van der Waals surface area (Å²) in [7, 11) is 0. The highest BCUT2D eigenvalue weighted by Gasteiger charge is 2.24. The number of hydrogen-bond acceptors (Lipinski definition) is 4. The highest BCUT2D eigenvalue weighted by atomic mass is 16.3. The SMILES string of the molecule is CCN(CCc1ccc(O)cc1)c1cc(O)ccc1C1CCc2cc(O)ccc2C1. The molecule has 156 valence electrons. The van der Waals surface area contributed by atoms with Gasteiger partial charge in [-0.3, -0.25) is 0 Å². The van der Waals surface area contributed by atoms with Gasteiger partial charge in [-0.1, -0.05) is 24.3 Å². The lowest BCUT2D eigenvalue weighted by atomic mass is 9.79. The monoisotopic (exact) mass is 403 g/mol. The van der Waals surface area contributed by atoms with Gasteiger partial charge in [-0.25, -0.2) is 0 Å². The molecule has 0 fully saturated rings. The van der Waals surface area contributed by atoms with Crippen molar-refractivity contribution in [2.45, 2.75) is 38.5 Å². The lowest BCUT2D eigenvalue weighted by molar-refractivity contribution is 0.471. The van der Waals surface area contributed by atoms with Crippen LogP contribution in [0.1, 0.15) is 41.5 Å². The van der Waals surface area contributed by atoms with E-state index < -0.39 is 0 Å². The number of phenolic OH excluding ortho intramolecular Hbond substituents is 3. The third-order valence-corrected chi connectivity index (χ3v) is 6.20. The second-order valence-corrected chi connectivity index (χ2v) is 8.13. The first-order chi connectivity index (χ1) is 14.5. The van der Waals surface area contributed by atoms with E-state index in [0.29, 0.717) is 11.7 Å². The Morgan fingerprint density at radius 1 is 0.833 bits per heavy atom. The van der Waals surface area contributed by atoms with E-state index >= 15 is 0 Å². The molecule has 0 spiro atoms. The first kappa shape index (κ1) is 20.1. The van der Waals surface area contributed by atoms with Gasteiger partial charge in [0, 0.05) is 24.8 Å². The Bertz CT molecular complexity index is 1010. The van der Waals surface area contributed by atoms with Crippen LogP contribution in [0.5, 0.6) is 17.2 Å². The maximum Gasteiger partial charge on any atom is 0.117 e. The Hall–Kier alpha value is -3.14. The fourth-order valence-corrected chi connectivity index (χ4v) is 4.53. The van der Waals surface area contributed by atoms with Crippen LogP contribution < -0.4 is 4.90 Å². The second-order valence-electron chi connectivity index (χ2n) is 8.13. The van der Waals surface area contributed by atoms with Gasteiger partial charge in [0.25, 0.3) is 0 Å². The molecule has 1 unspecified atom stereocenters. The van der Waals surface area contributed by atoms with Crippen LogP contribution in [-0.4, -0.2) is 28.4 Å². The molecule has 0 aromatic heterocycles. The lowest BCUT2D eigenvalue weighted by Gasteiger charge is -2.31. The summed E-state index contributed by atoms with van der Waals surface area (Å²) >= 11 is 0. The highest BCUT2D eigenvalue weighted by molar-refractivity contribution is 5.59. The molecule has 4 rings (SSSR count). The molecule has 1 atom stereocenters. The number of aryl methyl sites for hydroxylation is 1. The number of anilines is 1. The summed E-state index contributed by atoms with van der Waals surface area (Å²) in [5.41, 5.74) is 6.10. The van der Waals surface area contributed by atoms with E-state index in [-0.39, 0.29) is 11.5 Å². The Morgan fingerprint density at radius 2 is 1.53 bits per heavy atom. The number of nitrogens with zero attached hydrogens (tertiary/aromatic N) is 1. The first-order valence-corrected chi connectivity index (χ1v) is 10.7. The normalized spacial score (nSPS) is 15.6. The van der Waals surface area contributed by atoms with E-state index in [2.05, 4.69) is 17.9 Å². The average Bonchev–Trinajstić information content (AvgIpc) is 2.75. The van der Waals surface area contributed by atoms with Crippen molar-refractivity contribution in [1.82, 2.24) is 0 Å². The highest BCUT2D eigenvalue weighted by Crippen LogP contribution is 2.39. The van der Waals surface area contributed by atoms with Crippen LogP contribution in [0.2, 0.25) is 0 Å². The molecule has 4 heteroatoms. The minimum atomic E-state index is 0.285. The summed E-state index contributed by atoms with van der Waals surface area (Å²) in [5.74, 6) is 1.30. The Kier molecular flexibility index (Phi) is 5.84. The van der Waals surface area contributed by atoms with E-state index in [1.165, 1.54) is 22.3 Å². The van der Waals surface area contributed by atoms with Gasteiger partial charge in [0.15, 0.2) is 0 Å². The number of phenols is 3. The predicted molar refractivity (Wildman–Crippen MR) is 121 cm³/mol. The zero-order chi connectivity index (χ0) is 21.1. The van der Waals surface area contributed by atoms with Crippen molar-refractivity contribution in [3.05, 3.63) is 82.9 Å². The molecule has 0 amide bonds. The Labute approximate surface area is 178 Å². The molecular weight excluding hydrogens is 374 g/mol. The summed E-state index contributed by atoms with van der Waals surface area (Å²) in [4.78, 5) is 2.33. The van der Waals surface area contributed by atoms with Crippen LogP contribution in [0, 0.1) is 0 Å². The number of aromatic hydroxyl groups is 3. The van der Waals surface area contributed by atoms with Gasteiger partial charge < -0.3 is 20.2 Å². The van der Waals surface area contributed by atoms with Crippen LogP contribution in [0.25, 0.3) is 0 Å². The Morgan fingerprint density at radius 3 is 2.30 bits per heavy atom. The number of likely N-dealkylation sites (N-methyl/N-ethyl adjacent to an activating group) is 1. The standard InChI is InChI=1S/C26H29NO3/c1-2-27(14-13-18-3-8-22(28)9-4-18)26-17-24(30)11-12-25(26)21-6-5-20-16-23(29)10-7-19(20)15-21/h3-4,7-12,16-17,21,28-30H,2,5-6,13-15H2,1H3. The molecule has 3 aromatic carbocycles. The molecule has 1 aliphatic carbocycles. The van der Waals surface area contributed by atoms with Crippen LogP contribution in [0.3, 0.4) is 0 Å². The maximum absolute atomic E-state index is 10.2. The van der Waals surface area contributed by atoms with Crippen molar-refractivity contribution in [1.29, 1.82) is 0 Å². The predicted octanol–water partition coefficient (Wildman–Crippen LogP) is 5.14. The minimum absolute atomic E-state index is 0.285. The average molecular weight is 404 g/mol. The van der Waals surface area contributed by atoms with Crippen molar-refractivity contribution in [3.63, 3.8) is 0 Å². The number of fused-ring (bicyclic) bond motifs is 1. The van der Waals surface area contributed by atoms with E-state index in [9.17, 15) is 15.3 Å². The molecule has 30 heavy (non-hydrogen) atoms. The third kappa shape index (κ3) is 4.38. The smallest absolute Gasteiger partial charge is 0.117 e. The van der Waals surface area contributed by atoms with E-state index in [4.69, 9.17) is 0 Å². The van der Waals surface area contributed by atoms with Crippen LogP contribution in [-0.2, 0) is 19.3 Å². The first-order valence-electron chi connectivity index (χ1n) is 10.7. The minimum Gasteiger partial charge on any atom is -0.508 e. The summed E-state index contributed by atoms with van der Waals surface area (Å²) in [6.45, 7) is 3.84. The quantitative estimate of drug-likeness (QED) is 0.533. The molecule has 0 radical (unpaired) electrons. The van der Waals surface area contributed by atoms with Gasteiger partial charge >= 0.3 is 0 Å². The molecule has 1 aliphatic rings. The van der Waals surface area contributed by atoms with E-state index in [1.807, 2.05) is 30.3 Å². The van der Waals surface area contributed by atoms with Crippen molar-refractivity contribution < 1.29 is 15.3 Å². The van der Waals surface area contributed by atoms with Crippen molar-refractivity contribution >= 4 is 5.69 Å².